The summed E-state index contributed by atoms with van der Waals surface area (Å²) in [6.07, 6.45) is 2.43. The number of hydrogen-bond donors (Lipinski definition) is 1. The molecule has 2 amide bonds. The highest BCUT2D eigenvalue weighted by Gasteiger charge is 2.32. The Bertz CT molecular complexity index is 946. The van der Waals surface area contributed by atoms with E-state index in [2.05, 4.69) is 10.3 Å². The lowest BCUT2D eigenvalue weighted by atomic mass is 10.2. The number of nitrogens with zero attached hydrogens (tertiary/aromatic N) is 4. The van der Waals surface area contributed by atoms with Gasteiger partial charge in [-0.2, -0.15) is 5.06 Å². The van der Waals surface area contributed by atoms with Crippen molar-refractivity contribution in [2.24, 2.45) is 0 Å². The number of nitrogens with one attached hydrogen (secondary N) is 1. The second-order valence-corrected chi connectivity index (χ2v) is 7.67. The number of carbonyl (C=O) groups is 2. The van der Waals surface area contributed by atoms with Crippen molar-refractivity contribution in [2.45, 2.75) is 26.5 Å². The van der Waals surface area contributed by atoms with Crippen molar-refractivity contribution >= 4 is 23.4 Å². The predicted molar refractivity (Wildman–Crippen MR) is 122 cm³/mol. The Morgan fingerprint density at radius 3 is 2.70 bits per heavy atom. The molecule has 1 aliphatic rings. The van der Waals surface area contributed by atoms with Gasteiger partial charge >= 0.3 is 6.09 Å². The van der Waals surface area contributed by atoms with Gasteiger partial charge in [-0.05, 0) is 42.8 Å². The number of carbonyl (C=O) groups excluding carboxylic acids is 2. The molecule has 1 aromatic heterocycles. The van der Waals surface area contributed by atoms with Crippen molar-refractivity contribution < 1.29 is 23.6 Å². The maximum absolute atomic E-state index is 15.0. The molecule has 2 aromatic rings. The van der Waals surface area contributed by atoms with E-state index in [0.29, 0.717) is 37.6 Å². The van der Waals surface area contributed by atoms with Gasteiger partial charge in [-0.1, -0.05) is 0 Å². The fourth-order valence-electron chi connectivity index (χ4n) is 3.62. The van der Waals surface area contributed by atoms with E-state index in [1.165, 1.54) is 17.9 Å². The third-order valence-electron chi connectivity index (χ3n) is 5.40. The Hall–Kier alpha value is -3.24. The lowest BCUT2D eigenvalue weighted by Crippen LogP contribution is -2.35. The van der Waals surface area contributed by atoms with Crippen LogP contribution in [-0.2, 0) is 20.9 Å². The average Bonchev–Trinajstić information content (AvgIpc) is 3.19. The Balaban J connectivity index is 1.62. The normalized spacial score (nSPS) is 15.6. The first kappa shape index (κ1) is 24.4. The van der Waals surface area contributed by atoms with Gasteiger partial charge in [0.2, 0.25) is 5.91 Å². The summed E-state index contributed by atoms with van der Waals surface area (Å²) in [6.45, 7) is 6.13. The van der Waals surface area contributed by atoms with E-state index in [1.54, 1.807) is 36.7 Å². The van der Waals surface area contributed by atoms with Crippen LogP contribution in [0.15, 0.2) is 42.7 Å². The number of pyridine rings is 1. The van der Waals surface area contributed by atoms with Crippen molar-refractivity contribution in [3.05, 3.63) is 54.1 Å². The lowest BCUT2D eigenvalue weighted by molar-refractivity contribution is -0.136. The maximum atomic E-state index is 15.0. The van der Waals surface area contributed by atoms with Gasteiger partial charge in [0.05, 0.1) is 31.6 Å². The van der Waals surface area contributed by atoms with Crippen LogP contribution >= 0.6 is 0 Å². The molecule has 2 heterocycles. The number of anilines is 2. The average molecular weight is 460 g/mol. The standard InChI is InChI=1S/C23H30FN5O4/c1-4-27(11-12-28(32-3)15-18-7-9-25-10-8-18)22-6-5-19(13-21(22)24)29-16-20(33-23(29)31)14-26-17(2)30/h5-10,13,20H,4,11-12,14-16H2,1-3H3,(H,26,30)/t20-/m0/s1. The topological polar surface area (TPSA) is 87.2 Å². The molecule has 1 saturated heterocycles. The minimum atomic E-state index is -0.559. The number of ether oxygens (including phenoxy) is 1. The summed E-state index contributed by atoms with van der Waals surface area (Å²) in [6, 6.07) is 8.56. The second kappa shape index (κ2) is 11.6. The van der Waals surface area contributed by atoms with Crippen LogP contribution in [0.3, 0.4) is 0 Å². The van der Waals surface area contributed by atoms with Crippen LogP contribution in [-0.4, -0.2) is 68.0 Å². The van der Waals surface area contributed by atoms with Crippen LogP contribution in [0.25, 0.3) is 0 Å². The molecule has 1 aliphatic heterocycles. The highest BCUT2D eigenvalue weighted by atomic mass is 19.1. The third-order valence-corrected chi connectivity index (χ3v) is 5.40. The fourth-order valence-corrected chi connectivity index (χ4v) is 3.62. The Labute approximate surface area is 193 Å². The van der Waals surface area contributed by atoms with Crippen LogP contribution in [0.5, 0.6) is 0 Å². The zero-order chi connectivity index (χ0) is 23.8. The number of likely N-dealkylation sites (N-methyl/N-ethyl adjacent to an activating group) is 1. The number of benzene rings is 1. The van der Waals surface area contributed by atoms with Crippen LogP contribution in [0.1, 0.15) is 19.4 Å². The Morgan fingerprint density at radius 1 is 1.30 bits per heavy atom. The third kappa shape index (κ3) is 6.62. The van der Waals surface area contributed by atoms with Crippen LogP contribution in [0, 0.1) is 5.82 Å². The lowest BCUT2D eigenvalue weighted by Gasteiger charge is -2.28. The number of rotatable bonds is 11. The summed E-state index contributed by atoms with van der Waals surface area (Å²) >= 11 is 0. The maximum Gasteiger partial charge on any atom is 0.414 e. The molecule has 0 aliphatic carbocycles. The number of halogens is 1. The van der Waals surface area contributed by atoms with Gasteiger partial charge < -0.3 is 19.8 Å². The van der Waals surface area contributed by atoms with Crippen molar-refractivity contribution in [1.29, 1.82) is 0 Å². The summed E-state index contributed by atoms with van der Waals surface area (Å²) in [7, 11) is 1.61. The van der Waals surface area contributed by atoms with E-state index in [0.717, 1.165) is 5.56 Å². The first-order valence-corrected chi connectivity index (χ1v) is 10.9. The van der Waals surface area contributed by atoms with Gasteiger partial charge in [0.15, 0.2) is 0 Å². The van der Waals surface area contributed by atoms with Gasteiger partial charge in [-0.3, -0.25) is 14.7 Å². The molecule has 178 valence electrons. The van der Waals surface area contributed by atoms with Crippen molar-refractivity contribution in [1.82, 2.24) is 15.4 Å². The van der Waals surface area contributed by atoms with Gasteiger partial charge in [-0.25, -0.2) is 9.18 Å². The van der Waals surface area contributed by atoms with E-state index < -0.39 is 18.0 Å². The summed E-state index contributed by atoms with van der Waals surface area (Å²) < 4.78 is 20.3. The predicted octanol–water partition coefficient (Wildman–Crippen LogP) is 2.57. The van der Waals surface area contributed by atoms with Crippen LogP contribution < -0.4 is 15.1 Å². The summed E-state index contributed by atoms with van der Waals surface area (Å²) in [5, 5.41) is 4.43. The molecule has 9 nitrogen and oxygen atoms in total. The van der Waals surface area contributed by atoms with Crippen molar-refractivity contribution in [3.8, 4) is 0 Å². The minimum absolute atomic E-state index is 0.202. The highest BCUT2D eigenvalue weighted by Crippen LogP contribution is 2.28. The van der Waals surface area contributed by atoms with Gasteiger partial charge in [0.25, 0.3) is 0 Å². The number of cyclic esters (lactones) is 1. The number of hydroxylamine groups is 2. The molecular weight excluding hydrogens is 429 g/mol. The molecule has 1 fully saturated rings. The Kier molecular flexibility index (Phi) is 8.56. The van der Waals surface area contributed by atoms with Crippen molar-refractivity contribution in [2.75, 3.05) is 49.6 Å². The van der Waals surface area contributed by atoms with E-state index in [1.807, 2.05) is 24.0 Å². The molecule has 1 N–H and O–H groups in total. The number of amides is 2. The van der Waals surface area contributed by atoms with E-state index in [9.17, 15) is 9.59 Å². The second-order valence-electron chi connectivity index (χ2n) is 7.67. The van der Waals surface area contributed by atoms with Gasteiger partial charge in [0, 0.05) is 45.5 Å². The van der Waals surface area contributed by atoms with Gasteiger partial charge in [0.1, 0.15) is 11.9 Å². The van der Waals surface area contributed by atoms with Crippen LogP contribution in [0.2, 0.25) is 0 Å². The molecule has 0 saturated carbocycles. The SMILES string of the molecule is CCN(CCN(Cc1ccncc1)OC)c1ccc(N2C[C@H](CNC(C)=O)OC2=O)cc1F. The highest BCUT2D eigenvalue weighted by molar-refractivity contribution is 5.90. The molecule has 1 aromatic carbocycles. The largest absolute Gasteiger partial charge is 0.442 e. The van der Waals surface area contributed by atoms with E-state index >= 15 is 4.39 Å². The number of hydrogen-bond acceptors (Lipinski definition) is 7. The number of aromatic nitrogens is 1. The van der Waals surface area contributed by atoms with Gasteiger partial charge in [-0.15, -0.1) is 0 Å². The zero-order valence-corrected chi connectivity index (χ0v) is 19.2. The van der Waals surface area contributed by atoms with Crippen molar-refractivity contribution in [3.63, 3.8) is 0 Å². The first-order chi connectivity index (χ1) is 15.9. The fraction of sp³-hybridized carbons (Fsp3) is 0.435. The molecule has 0 bridgehead atoms. The minimum Gasteiger partial charge on any atom is -0.442 e. The molecule has 3 rings (SSSR count). The smallest absolute Gasteiger partial charge is 0.414 e. The van der Waals surface area contributed by atoms with E-state index in [-0.39, 0.29) is 19.0 Å². The van der Waals surface area contributed by atoms with Crippen LogP contribution in [0.4, 0.5) is 20.6 Å². The quantitative estimate of drug-likeness (QED) is 0.517. The zero-order valence-electron chi connectivity index (χ0n) is 19.2. The molecule has 0 unspecified atom stereocenters. The summed E-state index contributed by atoms with van der Waals surface area (Å²) in [5.41, 5.74) is 1.93. The first-order valence-electron chi connectivity index (χ1n) is 10.9. The molecule has 33 heavy (non-hydrogen) atoms. The molecule has 1 atom stereocenters. The van der Waals surface area contributed by atoms with E-state index in [4.69, 9.17) is 9.57 Å². The molecular formula is C23H30FN5O4. The Morgan fingerprint density at radius 2 is 2.06 bits per heavy atom. The molecule has 10 heteroatoms. The summed E-state index contributed by atoms with van der Waals surface area (Å²) in [4.78, 5) is 36.1. The molecule has 0 spiro atoms. The monoisotopic (exact) mass is 459 g/mol. The molecule has 0 radical (unpaired) electrons. The summed E-state index contributed by atoms with van der Waals surface area (Å²) in [5.74, 6) is -0.627.